The Bertz CT molecular complexity index is 541. The smallest absolute Gasteiger partial charge is 0.244 e. The average Bonchev–Trinajstić information content (AvgIpc) is 2.67. The van der Waals surface area contributed by atoms with Crippen LogP contribution in [0, 0.1) is 12.3 Å². The van der Waals surface area contributed by atoms with Gasteiger partial charge in [0.05, 0.1) is 0 Å². The van der Waals surface area contributed by atoms with E-state index in [1.807, 2.05) is 40.0 Å². The molecule has 0 fully saturated rings. The van der Waals surface area contributed by atoms with Crippen LogP contribution >= 0.6 is 11.3 Å². The monoisotopic (exact) mass is 304 g/mol. The van der Waals surface area contributed by atoms with Gasteiger partial charge in [-0.25, -0.2) is 8.42 Å². The van der Waals surface area contributed by atoms with Gasteiger partial charge < -0.3 is 5.73 Å². The largest absolute Gasteiger partial charge is 0.326 e. The van der Waals surface area contributed by atoms with Crippen LogP contribution in [0.25, 0.3) is 0 Å². The molecule has 2 N–H and O–H groups in total. The molecule has 0 bridgehead atoms. The fourth-order valence-electron chi connectivity index (χ4n) is 1.87. The third-order valence-electron chi connectivity index (χ3n) is 3.61. The van der Waals surface area contributed by atoms with E-state index in [1.54, 1.807) is 7.05 Å². The number of nitrogens with zero attached hydrogens (tertiary/aromatic N) is 1. The Labute approximate surface area is 120 Å². The molecular weight excluding hydrogens is 280 g/mol. The molecule has 0 radical (unpaired) electrons. The maximum absolute atomic E-state index is 12.8. The van der Waals surface area contributed by atoms with Gasteiger partial charge in [0.2, 0.25) is 10.0 Å². The molecule has 0 amide bonds. The fraction of sp³-hybridized carbons (Fsp3) is 0.692. The molecule has 0 aliphatic rings. The number of sulfonamides is 1. The van der Waals surface area contributed by atoms with Crippen LogP contribution < -0.4 is 5.73 Å². The number of nitrogens with two attached hydrogens (primary N) is 1. The van der Waals surface area contributed by atoms with Crippen molar-refractivity contribution in [3.63, 3.8) is 0 Å². The lowest BCUT2D eigenvalue weighted by molar-refractivity contribution is 0.216. The molecule has 0 saturated carbocycles. The quantitative estimate of drug-likeness (QED) is 0.930. The minimum atomic E-state index is -3.49. The first-order chi connectivity index (χ1) is 8.53. The number of aryl methyl sites for hydroxylation is 1. The Kier molecular flexibility index (Phi) is 4.83. The lowest BCUT2D eigenvalue weighted by Crippen LogP contribution is -2.43. The van der Waals surface area contributed by atoms with Crippen molar-refractivity contribution in [1.82, 2.24) is 4.31 Å². The zero-order valence-electron chi connectivity index (χ0n) is 12.5. The van der Waals surface area contributed by atoms with Gasteiger partial charge in [-0.15, -0.1) is 11.3 Å². The van der Waals surface area contributed by atoms with Crippen LogP contribution in [-0.4, -0.2) is 25.8 Å². The van der Waals surface area contributed by atoms with Crippen molar-refractivity contribution < 1.29 is 8.42 Å². The summed E-state index contributed by atoms with van der Waals surface area (Å²) in [6.45, 7) is 10.1. The van der Waals surface area contributed by atoms with Crippen LogP contribution in [0.2, 0.25) is 0 Å². The predicted molar refractivity (Wildman–Crippen MR) is 80.8 cm³/mol. The van der Waals surface area contributed by atoms with Crippen molar-refractivity contribution in [2.45, 2.75) is 52.1 Å². The van der Waals surface area contributed by atoms with Crippen LogP contribution in [0.5, 0.6) is 0 Å². The summed E-state index contributed by atoms with van der Waals surface area (Å²) >= 11 is 1.41. The van der Waals surface area contributed by atoms with Crippen LogP contribution in [0.15, 0.2) is 10.3 Å². The minimum absolute atomic E-state index is 0.0950. The van der Waals surface area contributed by atoms with Crippen LogP contribution in [-0.2, 0) is 16.6 Å². The van der Waals surface area contributed by atoms with Gasteiger partial charge in [-0.2, -0.15) is 4.31 Å². The Morgan fingerprint density at radius 1 is 1.42 bits per heavy atom. The highest BCUT2D eigenvalue weighted by molar-refractivity contribution is 7.89. The molecule has 1 unspecified atom stereocenters. The number of hydrogen-bond donors (Lipinski definition) is 1. The van der Waals surface area contributed by atoms with Crippen LogP contribution in [0.3, 0.4) is 0 Å². The van der Waals surface area contributed by atoms with E-state index in [9.17, 15) is 8.42 Å². The zero-order chi connectivity index (χ0) is 15.0. The summed E-state index contributed by atoms with van der Waals surface area (Å²) in [5, 5.41) is 1.85. The zero-order valence-corrected chi connectivity index (χ0v) is 14.2. The third kappa shape index (κ3) is 3.18. The summed E-state index contributed by atoms with van der Waals surface area (Å²) < 4.78 is 27.0. The molecule has 4 nitrogen and oxygen atoms in total. The van der Waals surface area contributed by atoms with Gasteiger partial charge >= 0.3 is 0 Å². The Morgan fingerprint density at radius 3 is 2.37 bits per heavy atom. The SMILES string of the molecule is Cc1csc(CN)c1S(=O)(=O)N(C)C(C)C(C)(C)C. The van der Waals surface area contributed by atoms with E-state index in [2.05, 4.69) is 0 Å². The maximum Gasteiger partial charge on any atom is 0.244 e. The van der Waals surface area contributed by atoms with Crippen molar-refractivity contribution in [2.24, 2.45) is 11.1 Å². The fourth-order valence-corrected chi connectivity index (χ4v) is 5.07. The normalized spacial score (nSPS) is 14.9. The molecule has 1 atom stereocenters. The lowest BCUT2D eigenvalue weighted by Gasteiger charge is -2.34. The van der Waals surface area contributed by atoms with Gasteiger partial charge in [0, 0.05) is 24.5 Å². The van der Waals surface area contributed by atoms with E-state index < -0.39 is 10.0 Å². The van der Waals surface area contributed by atoms with Gasteiger partial charge in [-0.1, -0.05) is 20.8 Å². The molecule has 0 saturated heterocycles. The lowest BCUT2D eigenvalue weighted by atomic mass is 9.88. The standard InChI is InChI=1S/C13H24N2O2S2/c1-9-8-18-11(7-14)12(9)19(16,17)15(6)10(2)13(3,4)5/h8,10H,7,14H2,1-6H3. The van der Waals surface area contributed by atoms with Crippen molar-refractivity contribution in [3.05, 3.63) is 15.8 Å². The second-order valence-corrected chi connectivity index (χ2v) is 8.84. The highest BCUT2D eigenvalue weighted by Gasteiger charge is 2.34. The summed E-state index contributed by atoms with van der Waals surface area (Å²) in [6, 6.07) is -0.0950. The molecule has 0 aliphatic carbocycles. The van der Waals surface area contributed by atoms with Crippen LogP contribution in [0.4, 0.5) is 0 Å². The summed E-state index contributed by atoms with van der Waals surface area (Å²) in [4.78, 5) is 1.11. The Hall–Kier alpha value is -0.430. The molecule has 1 heterocycles. The molecule has 6 heteroatoms. The predicted octanol–water partition coefficient (Wildman–Crippen LogP) is 2.57. The van der Waals surface area contributed by atoms with Gasteiger partial charge in [-0.3, -0.25) is 0 Å². The summed E-state index contributed by atoms with van der Waals surface area (Å²) in [5.74, 6) is 0. The first-order valence-corrected chi connectivity index (χ1v) is 8.60. The molecule has 0 aromatic carbocycles. The molecule has 110 valence electrons. The second kappa shape index (κ2) is 5.52. The summed E-state index contributed by atoms with van der Waals surface area (Å²) in [7, 11) is -1.85. The number of hydrogen-bond acceptors (Lipinski definition) is 4. The van der Waals surface area contributed by atoms with Gasteiger partial charge in [-0.05, 0) is 30.2 Å². The van der Waals surface area contributed by atoms with E-state index >= 15 is 0 Å². The van der Waals surface area contributed by atoms with Crippen molar-refractivity contribution >= 4 is 21.4 Å². The maximum atomic E-state index is 12.8. The Balaban J connectivity index is 3.28. The first kappa shape index (κ1) is 16.6. The first-order valence-electron chi connectivity index (χ1n) is 6.28. The molecule has 1 rings (SSSR count). The topological polar surface area (TPSA) is 63.4 Å². The molecular formula is C13H24N2O2S2. The highest BCUT2D eigenvalue weighted by Crippen LogP contribution is 2.32. The van der Waals surface area contributed by atoms with Gasteiger partial charge in [0.1, 0.15) is 4.90 Å². The molecule has 1 aromatic heterocycles. The van der Waals surface area contributed by atoms with Gasteiger partial charge in [0.25, 0.3) is 0 Å². The molecule has 19 heavy (non-hydrogen) atoms. The van der Waals surface area contributed by atoms with E-state index in [0.717, 1.165) is 10.4 Å². The molecule has 0 aliphatic heterocycles. The van der Waals surface area contributed by atoms with E-state index in [-0.39, 0.29) is 18.0 Å². The molecule has 0 spiro atoms. The van der Waals surface area contributed by atoms with E-state index in [4.69, 9.17) is 5.73 Å². The van der Waals surface area contributed by atoms with E-state index in [1.165, 1.54) is 15.6 Å². The van der Waals surface area contributed by atoms with Crippen molar-refractivity contribution in [1.29, 1.82) is 0 Å². The third-order valence-corrected chi connectivity index (χ3v) is 7.03. The number of rotatable bonds is 4. The second-order valence-electron chi connectivity index (χ2n) is 5.94. The molecule has 1 aromatic rings. The van der Waals surface area contributed by atoms with Gasteiger partial charge in [0.15, 0.2) is 0 Å². The minimum Gasteiger partial charge on any atom is -0.326 e. The number of thiophene rings is 1. The highest BCUT2D eigenvalue weighted by atomic mass is 32.2. The van der Waals surface area contributed by atoms with Crippen molar-refractivity contribution in [2.75, 3.05) is 7.05 Å². The summed E-state index contributed by atoms with van der Waals surface area (Å²) in [6.07, 6.45) is 0. The van der Waals surface area contributed by atoms with Crippen molar-refractivity contribution in [3.8, 4) is 0 Å². The Morgan fingerprint density at radius 2 is 1.95 bits per heavy atom. The van der Waals surface area contributed by atoms with E-state index in [0.29, 0.717) is 4.90 Å². The summed E-state index contributed by atoms with van der Waals surface area (Å²) in [5.41, 5.74) is 6.31. The average molecular weight is 304 g/mol. The van der Waals surface area contributed by atoms with Crippen LogP contribution in [0.1, 0.15) is 38.1 Å².